The SMILES string of the molecule is [Li+].[c-]1c(-c2ccccc2)ccc2c1Cc1ccccc1-2. The molecule has 0 unspecified atom stereocenters. The van der Waals surface area contributed by atoms with Crippen molar-refractivity contribution in [2.24, 2.45) is 0 Å². The van der Waals surface area contributed by atoms with Gasteiger partial charge >= 0.3 is 18.9 Å². The molecule has 90 valence electrons. The summed E-state index contributed by atoms with van der Waals surface area (Å²) in [7, 11) is 0. The number of hydrogen-bond acceptors (Lipinski definition) is 0. The molecule has 0 nitrogen and oxygen atoms in total. The normalized spacial score (nSPS) is 11.4. The molecule has 0 aliphatic heterocycles. The van der Waals surface area contributed by atoms with Crippen molar-refractivity contribution in [2.75, 3.05) is 0 Å². The molecule has 0 amide bonds. The zero-order chi connectivity index (χ0) is 12.7. The number of rotatable bonds is 1. The monoisotopic (exact) mass is 248 g/mol. The minimum Gasteiger partial charge on any atom is -0.143 e. The van der Waals surface area contributed by atoms with E-state index in [9.17, 15) is 0 Å². The van der Waals surface area contributed by atoms with Crippen LogP contribution < -0.4 is 18.9 Å². The van der Waals surface area contributed by atoms with Gasteiger partial charge in [0.1, 0.15) is 0 Å². The molecule has 3 aromatic rings. The first kappa shape index (κ1) is 13.3. The summed E-state index contributed by atoms with van der Waals surface area (Å²) in [4.78, 5) is 0. The smallest absolute Gasteiger partial charge is 0.143 e. The Bertz CT molecular complexity index is 745. The molecule has 0 atom stereocenters. The van der Waals surface area contributed by atoms with Gasteiger partial charge in [-0.3, -0.25) is 0 Å². The number of benzene rings is 3. The Balaban J connectivity index is 0.00000121. The molecule has 0 aromatic heterocycles. The molecule has 3 aromatic carbocycles. The van der Waals surface area contributed by atoms with Gasteiger partial charge < -0.3 is 0 Å². The molecule has 0 N–H and O–H groups in total. The molecule has 1 heteroatoms. The number of fused-ring (bicyclic) bond motifs is 3. The van der Waals surface area contributed by atoms with Crippen LogP contribution in [0.3, 0.4) is 0 Å². The molecule has 1 aliphatic rings. The third kappa shape index (κ3) is 2.12. The summed E-state index contributed by atoms with van der Waals surface area (Å²) in [5.74, 6) is 0. The minimum atomic E-state index is 0. The van der Waals surface area contributed by atoms with Crippen molar-refractivity contribution >= 4 is 0 Å². The van der Waals surface area contributed by atoms with E-state index in [0.717, 1.165) is 6.42 Å². The van der Waals surface area contributed by atoms with Crippen molar-refractivity contribution in [2.45, 2.75) is 6.42 Å². The van der Waals surface area contributed by atoms with Crippen molar-refractivity contribution in [3.63, 3.8) is 0 Å². The fourth-order valence-corrected chi connectivity index (χ4v) is 2.84. The quantitative estimate of drug-likeness (QED) is 0.355. The fraction of sp³-hybridized carbons (Fsp3) is 0.0526. The standard InChI is InChI=1S/C19H13.Li/c1-2-6-14(7-3-1)15-10-11-19-17(12-15)13-16-8-4-5-9-18(16)19;/h1-11H,13H2;/q-1;+1. The van der Waals surface area contributed by atoms with Crippen molar-refractivity contribution in [1.29, 1.82) is 0 Å². The summed E-state index contributed by atoms with van der Waals surface area (Å²) < 4.78 is 0. The Morgan fingerprint density at radius 2 is 1.45 bits per heavy atom. The Hall–Kier alpha value is -1.74. The summed E-state index contributed by atoms with van der Waals surface area (Å²) in [5, 5.41) is 0. The topological polar surface area (TPSA) is 0 Å². The van der Waals surface area contributed by atoms with Crippen LogP contribution >= 0.6 is 0 Å². The first-order valence-electron chi connectivity index (χ1n) is 6.61. The summed E-state index contributed by atoms with van der Waals surface area (Å²) in [6.45, 7) is 0. The number of hydrogen-bond donors (Lipinski definition) is 0. The summed E-state index contributed by atoms with van der Waals surface area (Å²) in [6.07, 6.45) is 1.01. The maximum absolute atomic E-state index is 3.59. The molecule has 4 rings (SSSR count). The Morgan fingerprint density at radius 1 is 0.700 bits per heavy atom. The average molecular weight is 248 g/mol. The first-order valence-corrected chi connectivity index (χ1v) is 6.61. The predicted octanol–water partition coefficient (Wildman–Crippen LogP) is 1.73. The van der Waals surface area contributed by atoms with Crippen LogP contribution in [-0.2, 0) is 6.42 Å². The van der Waals surface area contributed by atoms with E-state index in [1.165, 1.54) is 33.4 Å². The van der Waals surface area contributed by atoms with E-state index in [0.29, 0.717) is 0 Å². The van der Waals surface area contributed by atoms with Crippen LogP contribution in [0, 0.1) is 6.07 Å². The van der Waals surface area contributed by atoms with Gasteiger partial charge in [0, 0.05) is 0 Å². The van der Waals surface area contributed by atoms with Gasteiger partial charge in [0.05, 0.1) is 0 Å². The maximum Gasteiger partial charge on any atom is 1.00 e. The maximum atomic E-state index is 3.59. The van der Waals surface area contributed by atoms with E-state index < -0.39 is 0 Å². The van der Waals surface area contributed by atoms with Gasteiger partial charge in [0.15, 0.2) is 0 Å². The van der Waals surface area contributed by atoms with Crippen molar-refractivity contribution < 1.29 is 18.9 Å². The summed E-state index contributed by atoms with van der Waals surface area (Å²) in [6, 6.07) is 27.1. The molecule has 0 radical (unpaired) electrons. The van der Waals surface area contributed by atoms with Gasteiger partial charge in [-0.2, -0.15) is 0 Å². The minimum absolute atomic E-state index is 0. The molecule has 0 saturated carbocycles. The zero-order valence-corrected chi connectivity index (χ0v) is 11.6. The molecule has 0 heterocycles. The van der Waals surface area contributed by atoms with E-state index in [-0.39, 0.29) is 18.9 Å². The molecule has 0 bridgehead atoms. The molecule has 0 saturated heterocycles. The molecule has 0 fully saturated rings. The van der Waals surface area contributed by atoms with Crippen LogP contribution in [0.15, 0.2) is 66.7 Å². The Kier molecular flexibility index (Phi) is 3.53. The summed E-state index contributed by atoms with van der Waals surface area (Å²) in [5.41, 5.74) is 7.87. The van der Waals surface area contributed by atoms with Crippen LogP contribution in [0.4, 0.5) is 0 Å². The van der Waals surface area contributed by atoms with Crippen LogP contribution in [-0.4, -0.2) is 0 Å². The van der Waals surface area contributed by atoms with Crippen LogP contribution in [0.25, 0.3) is 22.3 Å². The predicted molar refractivity (Wildman–Crippen MR) is 79.0 cm³/mol. The van der Waals surface area contributed by atoms with Crippen LogP contribution in [0.5, 0.6) is 0 Å². The van der Waals surface area contributed by atoms with Gasteiger partial charge in [-0.15, -0.1) is 29.3 Å². The third-order valence-corrected chi connectivity index (χ3v) is 3.79. The largest absolute Gasteiger partial charge is 1.00 e. The molecule has 20 heavy (non-hydrogen) atoms. The zero-order valence-electron chi connectivity index (χ0n) is 11.6. The van der Waals surface area contributed by atoms with E-state index in [4.69, 9.17) is 0 Å². The molecular formula is C19H13Li. The van der Waals surface area contributed by atoms with Gasteiger partial charge in [-0.05, 0) is 12.0 Å². The average Bonchev–Trinajstić information content (AvgIpc) is 2.86. The van der Waals surface area contributed by atoms with E-state index in [2.05, 4.69) is 66.7 Å². The fourth-order valence-electron chi connectivity index (χ4n) is 2.84. The Labute approximate surface area is 131 Å². The molecule has 0 spiro atoms. The first-order chi connectivity index (χ1) is 9.42. The Morgan fingerprint density at radius 3 is 2.30 bits per heavy atom. The van der Waals surface area contributed by atoms with Crippen LogP contribution in [0.2, 0.25) is 0 Å². The van der Waals surface area contributed by atoms with Gasteiger partial charge in [-0.25, -0.2) is 0 Å². The van der Waals surface area contributed by atoms with Gasteiger partial charge in [0.25, 0.3) is 0 Å². The third-order valence-electron chi connectivity index (χ3n) is 3.79. The van der Waals surface area contributed by atoms with Crippen LogP contribution in [0.1, 0.15) is 11.1 Å². The second-order valence-electron chi connectivity index (χ2n) is 4.96. The van der Waals surface area contributed by atoms with Crippen molar-refractivity contribution in [1.82, 2.24) is 0 Å². The van der Waals surface area contributed by atoms with E-state index in [1.54, 1.807) is 0 Å². The second-order valence-corrected chi connectivity index (χ2v) is 4.96. The molecular weight excluding hydrogens is 235 g/mol. The van der Waals surface area contributed by atoms with Crippen molar-refractivity contribution in [3.8, 4) is 22.3 Å². The van der Waals surface area contributed by atoms with Crippen molar-refractivity contribution in [3.05, 3.63) is 83.9 Å². The van der Waals surface area contributed by atoms with E-state index in [1.807, 2.05) is 6.07 Å². The molecule has 1 aliphatic carbocycles. The van der Waals surface area contributed by atoms with E-state index >= 15 is 0 Å². The summed E-state index contributed by atoms with van der Waals surface area (Å²) >= 11 is 0. The second kappa shape index (κ2) is 5.33. The van der Waals surface area contributed by atoms with Gasteiger partial charge in [-0.1, -0.05) is 71.3 Å². The van der Waals surface area contributed by atoms with Gasteiger partial charge in [0.2, 0.25) is 0 Å².